The van der Waals surface area contributed by atoms with Gasteiger partial charge in [-0.2, -0.15) is 0 Å². The number of nitrogens with zero attached hydrogens (tertiary/aromatic N) is 1. The van der Waals surface area contributed by atoms with Crippen molar-refractivity contribution in [3.05, 3.63) is 224 Å². The van der Waals surface area contributed by atoms with Crippen molar-refractivity contribution in [2.45, 2.75) is 0 Å². The Kier molecular flexibility index (Phi) is 5.41. The number of anilines is 3. The molecule has 272 valence electrons. The standard InChI is InChI=1S/C56H37NS/c1-3-12-38(13-4-1)43-22-24-46-37-44(23-25-45(46)36-43)39-26-31-47(32-27-39)57(48-33-28-42(29-34-48)50-18-10-9-17-49(50)40-14-5-2-6-15-40)54-21-11-20-52-53-35-30-41-16-7-8-19-51(41)55(53)58-56(52)54/h1-37H/i1D,3D,4D,12D,13D,22D,23D,24D,25D,26D,27D,31D,32D,36D,37D. The molecule has 0 saturated carbocycles. The predicted molar refractivity (Wildman–Crippen MR) is 251 cm³/mol. The van der Waals surface area contributed by atoms with Gasteiger partial charge >= 0.3 is 0 Å². The summed E-state index contributed by atoms with van der Waals surface area (Å²) in [6.07, 6.45) is 0. The maximum Gasteiger partial charge on any atom is 0.0645 e. The van der Waals surface area contributed by atoms with Crippen molar-refractivity contribution in [1.82, 2.24) is 0 Å². The minimum absolute atomic E-state index is 0.137. The summed E-state index contributed by atoms with van der Waals surface area (Å²) in [6, 6.07) is 33.1. The molecule has 0 N–H and O–H groups in total. The van der Waals surface area contributed by atoms with E-state index in [0.717, 1.165) is 53.2 Å². The molecule has 58 heavy (non-hydrogen) atoms. The second-order valence-corrected chi connectivity index (χ2v) is 14.7. The highest BCUT2D eigenvalue weighted by Crippen LogP contribution is 2.47. The molecule has 0 amide bonds. The molecule has 0 unspecified atom stereocenters. The molecule has 0 aliphatic heterocycles. The van der Waals surface area contributed by atoms with Crippen LogP contribution in [0.4, 0.5) is 17.1 Å². The number of hydrogen-bond donors (Lipinski definition) is 0. The van der Waals surface area contributed by atoms with E-state index in [1.165, 1.54) is 0 Å². The summed E-state index contributed by atoms with van der Waals surface area (Å²) in [7, 11) is 0. The van der Waals surface area contributed by atoms with E-state index in [9.17, 15) is 11.0 Å². The van der Waals surface area contributed by atoms with E-state index in [0.29, 0.717) is 11.4 Å². The Morgan fingerprint density at radius 3 is 1.66 bits per heavy atom. The van der Waals surface area contributed by atoms with Crippen LogP contribution in [0.1, 0.15) is 20.6 Å². The lowest BCUT2D eigenvalue weighted by Crippen LogP contribution is -2.10. The van der Waals surface area contributed by atoms with E-state index in [1.54, 1.807) is 16.2 Å². The van der Waals surface area contributed by atoms with Crippen LogP contribution >= 0.6 is 11.3 Å². The summed E-state index contributed by atoms with van der Waals surface area (Å²) in [5, 5.41) is 3.04. The Hall–Kier alpha value is -7.26. The molecular formula is C56H37NS. The molecule has 10 aromatic carbocycles. The van der Waals surface area contributed by atoms with Gasteiger partial charge in [-0.3, -0.25) is 0 Å². The quantitative estimate of drug-likeness (QED) is 0.156. The Labute approximate surface area is 363 Å². The zero-order chi connectivity index (χ0) is 51.5. The molecule has 0 saturated heterocycles. The van der Waals surface area contributed by atoms with Gasteiger partial charge in [0, 0.05) is 26.8 Å². The molecule has 2 heteroatoms. The minimum atomic E-state index is -0.781. The average molecular weight is 771 g/mol. The molecule has 0 aliphatic rings. The van der Waals surface area contributed by atoms with Gasteiger partial charge in [0.15, 0.2) is 0 Å². The lowest BCUT2D eigenvalue weighted by Gasteiger charge is -2.26. The minimum Gasteiger partial charge on any atom is -0.309 e. The van der Waals surface area contributed by atoms with Gasteiger partial charge in [0.1, 0.15) is 0 Å². The van der Waals surface area contributed by atoms with Crippen molar-refractivity contribution in [1.29, 1.82) is 0 Å². The lowest BCUT2D eigenvalue weighted by molar-refractivity contribution is 1.30. The summed E-state index contributed by atoms with van der Waals surface area (Å²) in [4.78, 5) is 1.69. The number of hydrogen-bond acceptors (Lipinski definition) is 2. The molecular weight excluding hydrogens is 719 g/mol. The second kappa shape index (κ2) is 14.4. The Morgan fingerprint density at radius 2 is 0.931 bits per heavy atom. The molecule has 1 aromatic heterocycles. The van der Waals surface area contributed by atoms with Gasteiger partial charge in [0.05, 0.1) is 30.9 Å². The predicted octanol–water partition coefficient (Wildman–Crippen LogP) is 16.5. The largest absolute Gasteiger partial charge is 0.309 e. The fourth-order valence-corrected chi connectivity index (χ4v) is 8.85. The van der Waals surface area contributed by atoms with Crippen molar-refractivity contribution < 1.29 is 20.6 Å². The molecule has 0 fully saturated rings. The highest BCUT2D eigenvalue weighted by atomic mass is 32.1. The average Bonchev–Trinajstić information content (AvgIpc) is 3.80. The van der Waals surface area contributed by atoms with Gasteiger partial charge in [0.25, 0.3) is 0 Å². The molecule has 11 rings (SSSR count). The first kappa shape index (κ1) is 21.9. The van der Waals surface area contributed by atoms with Gasteiger partial charge in [-0.1, -0.05) is 182 Å². The third-order valence-electron chi connectivity index (χ3n) is 10.3. The smallest absolute Gasteiger partial charge is 0.0645 e. The third-order valence-corrected chi connectivity index (χ3v) is 11.5. The number of thiophene rings is 1. The number of benzene rings is 10. The van der Waals surface area contributed by atoms with Crippen LogP contribution in [-0.2, 0) is 0 Å². The highest BCUT2D eigenvalue weighted by Gasteiger charge is 2.20. The van der Waals surface area contributed by atoms with E-state index < -0.39 is 124 Å². The Morgan fingerprint density at radius 1 is 0.345 bits per heavy atom. The lowest BCUT2D eigenvalue weighted by atomic mass is 9.94. The first-order valence-electron chi connectivity index (χ1n) is 26.1. The molecule has 1 heterocycles. The fraction of sp³-hybridized carbons (Fsp3) is 0. The van der Waals surface area contributed by atoms with E-state index >= 15 is 0 Å². The van der Waals surface area contributed by atoms with Crippen molar-refractivity contribution in [2.24, 2.45) is 0 Å². The van der Waals surface area contributed by atoms with E-state index in [1.807, 2.05) is 109 Å². The maximum atomic E-state index is 9.78. The van der Waals surface area contributed by atoms with Crippen LogP contribution in [0.25, 0.3) is 86.2 Å². The first-order chi connectivity index (χ1) is 35.0. The maximum absolute atomic E-state index is 9.78. The van der Waals surface area contributed by atoms with Gasteiger partial charge in [0.2, 0.25) is 0 Å². The summed E-state index contributed by atoms with van der Waals surface area (Å²) in [5.41, 5.74) is 2.69. The molecule has 0 spiro atoms. The summed E-state index contributed by atoms with van der Waals surface area (Å²) in [5.74, 6) is 0. The van der Waals surface area contributed by atoms with E-state index in [-0.39, 0.29) is 5.69 Å². The van der Waals surface area contributed by atoms with Crippen LogP contribution in [0.3, 0.4) is 0 Å². The molecule has 11 aromatic rings. The zero-order valence-electron chi connectivity index (χ0n) is 45.6. The number of rotatable bonds is 7. The van der Waals surface area contributed by atoms with Crippen LogP contribution in [0.15, 0.2) is 224 Å². The number of fused-ring (bicyclic) bond motifs is 6. The molecule has 0 atom stereocenters. The fourth-order valence-electron chi connectivity index (χ4n) is 7.51. The topological polar surface area (TPSA) is 3.24 Å². The third kappa shape index (κ3) is 6.03. The van der Waals surface area contributed by atoms with Crippen LogP contribution in [0, 0.1) is 0 Å². The second-order valence-electron chi connectivity index (χ2n) is 13.7. The van der Waals surface area contributed by atoms with Crippen LogP contribution < -0.4 is 4.90 Å². The summed E-state index contributed by atoms with van der Waals surface area (Å²) >= 11 is 1.54. The summed E-state index contributed by atoms with van der Waals surface area (Å²) < 4.78 is 137. The van der Waals surface area contributed by atoms with Crippen molar-refractivity contribution in [3.8, 4) is 44.5 Å². The molecule has 0 bridgehead atoms. The SMILES string of the molecule is [2H]c1c([2H])c([2H])c(-c2c([2H])c([2H])c3c([2H])c(-c4c([2H])c([2H])c(N(c5ccc(-c6ccccc6-c6ccccc6)cc5)c5cccc6c5sc5c7ccccc7ccc65)c([2H])c4[2H])c([2H])c([2H])c3c2[2H])c([2H])c1[2H]. The van der Waals surface area contributed by atoms with Gasteiger partial charge in [-0.15, -0.1) is 11.3 Å². The normalized spacial score (nSPS) is 15.1. The molecule has 0 aliphatic carbocycles. The van der Waals surface area contributed by atoms with Gasteiger partial charge in [-0.05, 0) is 108 Å². The van der Waals surface area contributed by atoms with Gasteiger partial charge in [-0.25, -0.2) is 0 Å². The highest BCUT2D eigenvalue weighted by molar-refractivity contribution is 7.27. The van der Waals surface area contributed by atoms with Crippen LogP contribution in [0.5, 0.6) is 0 Å². The van der Waals surface area contributed by atoms with Crippen LogP contribution in [-0.4, -0.2) is 0 Å². The zero-order valence-corrected chi connectivity index (χ0v) is 31.4. The monoisotopic (exact) mass is 770 g/mol. The van der Waals surface area contributed by atoms with Gasteiger partial charge < -0.3 is 4.90 Å². The van der Waals surface area contributed by atoms with Crippen molar-refractivity contribution >= 4 is 70.1 Å². The summed E-state index contributed by atoms with van der Waals surface area (Å²) in [6.45, 7) is 0. The molecule has 1 nitrogen and oxygen atoms in total. The Balaban J connectivity index is 1.14. The van der Waals surface area contributed by atoms with E-state index in [2.05, 4.69) is 24.3 Å². The first-order valence-corrected chi connectivity index (χ1v) is 19.4. The van der Waals surface area contributed by atoms with Crippen molar-refractivity contribution in [2.75, 3.05) is 4.90 Å². The molecule has 0 radical (unpaired) electrons. The van der Waals surface area contributed by atoms with E-state index in [4.69, 9.17) is 9.60 Å². The Bertz CT molecular complexity index is 4100. The van der Waals surface area contributed by atoms with Crippen molar-refractivity contribution in [3.63, 3.8) is 0 Å². The van der Waals surface area contributed by atoms with Crippen LogP contribution in [0.2, 0.25) is 0 Å².